The first kappa shape index (κ1) is 18.4. The monoisotopic (exact) mass is 390 g/mol. The van der Waals surface area contributed by atoms with Crippen LogP contribution in [-0.4, -0.2) is 46.7 Å². The summed E-state index contributed by atoms with van der Waals surface area (Å²) in [7, 11) is 4.06. The average Bonchev–Trinajstić information content (AvgIpc) is 2.98. The Hall–Kier alpha value is -1.92. The summed E-state index contributed by atoms with van der Waals surface area (Å²) in [5.41, 5.74) is 2.91. The number of hydrogen-bond acceptors (Lipinski definition) is 4. The molecule has 0 N–H and O–H groups in total. The lowest BCUT2D eigenvalue weighted by Crippen LogP contribution is -2.19. The predicted molar refractivity (Wildman–Crippen MR) is 102 cm³/mol. The van der Waals surface area contributed by atoms with Gasteiger partial charge >= 0.3 is 0 Å². The molecule has 0 atom stereocenters. The number of likely N-dealkylation sites (N-methyl/N-ethyl adjacent to an activating group) is 1. The molecule has 2 heterocycles. The van der Waals surface area contributed by atoms with Gasteiger partial charge in [-0.3, -0.25) is 0 Å². The summed E-state index contributed by atoms with van der Waals surface area (Å²) in [5, 5.41) is 4.26. The van der Waals surface area contributed by atoms with Gasteiger partial charge in [-0.1, -0.05) is 26.0 Å². The van der Waals surface area contributed by atoms with Crippen LogP contribution in [0.25, 0.3) is 16.8 Å². The minimum atomic E-state index is 0.682. The maximum Gasteiger partial charge on any atom is 0.169 e. The van der Waals surface area contributed by atoms with Crippen molar-refractivity contribution in [3.05, 3.63) is 47.3 Å². The fourth-order valence-corrected chi connectivity index (χ4v) is 2.46. The van der Waals surface area contributed by atoms with E-state index in [4.69, 9.17) is 4.74 Å². The van der Waals surface area contributed by atoms with Crippen LogP contribution in [0, 0.1) is 0 Å². The maximum atomic E-state index is 5.70. The fourth-order valence-electron chi connectivity index (χ4n) is 2.08. The Kier molecular flexibility index (Phi) is 6.75. The van der Waals surface area contributed by atoms with E-state index < -0.39 is 0 Å². The van der Waals surface area contributed by atoms with Gasteiger partial charge in [0.1, 0.15) is 12.4 Å². The van der Waals surface area contributed by atoms with Gasteiger partial charge < -0.3 is 9.64 Å². The van der Waals surface area contributed by atoms with E-state index in [9.17, 15) is 0 Å². The van der Waals surface area contributed by atoms with Crippen molar-refractivity contribution in [2.45, 2.75) is 13.8 Å². The second-order valence-electron chi connectivity index (χ2n) is 5.28. The first-order valence-corrected chi connectivity index (χ1v) is 8.79. The highest BCUT2D eigenvalue weighted by Gasteiger charge is 2.05. The van der Waals surface area contributed by atoms with E-state index in [1.165, 1.54) is 0 Å². The van der Waals surface area contributed by atoms with Crippen LogP contribution in [0.5, 0.6) is 5.75 Å². The molecule has 0 aliphatic carbocycles. The predicted octanol–water partition coefficient (Wildman–Crippen LogP) is 4.13. The Bertz CT molecular complexity index is 768. The fraction of sp³-hybridized carbons (Fsp3) is 0.333. The lowest BCUT2D eigenvalue weighted by molar-refractivity contribution is 0.261. The molecule has 3 aromatic rings. The van der Waals surface area contributed by atoms with E-state index in [1.54, 1.807) is 10.7 Å². The Morgan fingerprint density at radius 3 is 2.46 bits per heavy atom. The van der Waals surface area contributed by atoms with Crippen LogP contribution in [0.1, 0.15) is 13.8 Å². The molecule has 6 heteroatoms. The zero-order chi connectivity index (χ0) is 17.5. The van der Waals surface area contributed by atoms with Crippen molar-refractivity contribution in [3.8, 4) is 16.9 Å². The summed E-state index contributed by atoms with van der Waals surface area (Å²) in [4.78, 5) is 6.52. The van der Waals surface area contributed by atoms with Crippen LogP contribution >= 0.6 is 15.9 Å². The van der Waals surface area contributed by atoms with Crippen molar-refractivity contribution < 1.29 is 4.74 Å². The lowest BCUT2D eigenvalue weighted by atomic mass is 10.1. The third kappa shape index (κ3) is 4.55. The molecule has 0 aliphatic heterocycles. The molecule has 1 aromatic carbocycles. The first-order chi connectivity index (χ1) is 11.6. The highest BCUT2D eigenvalue weighted by molar-refractivity contribution is 9.10. The summed E-state index contributed by atoms with van der Waals surface area (Å²) in [6.45, 7) is 5.58. The lowest BCUT2D eigenvalue weighted by Gasteiger charge is -2.11. The van der Waals surface area contributed by atoms with Crippen molar-refractivity contribution in [1.29, 1.82) is 0 Å². The number of rotatable bonds is 5. The van der Waals surface area contributed by atoms with Crippen LogP contribution < -0.4 is 4.74 Å². The number of halogens is 1. The molecule has 0 unspecified atom stereocenters. The zero-order valence-electron chi connectivity index (χ0n) is 14.5. The van der Waals surface area contributed by atoms with Crippen LogP contribution in [0.4, 0.5) is 0 Å². The highest BCUT2D eigenvalue weighted by atomic mass is 79.9. The smallest absolute Gasteiger partial charge is 0.169 e. The molecule has 0 saturated carbocycles. The molecule has 0 aliphatic rings. The van der Waals surface area contributed by atoms with E-state index in [-0.39, 0.29) is 0 Å². The number of ether oxygens (including phenoxy) is 1. The third-order valence-corrected chi connectivity index (χ3v) is 3.87. The van der Waals surface area contributed by atoms with Gasteiger partial charge in [0.2, 0.25) is 0 Å². The summed E-state index contributed by atoms with van der Waals surface area (Å²) >= 11 is 3.43. The molecule has 128 valence electrons. The van der Waals surface area contributed by atoms with Crippen LogP contribution in [-0.2, 0) is 0 Å². The van der Waals surface area contributed by atoms with Gasteiger partial charge in [0, 0.05) is 24.5 Å². The molecule has 3 rings (SSSR count). The number of benzene rings is 1. The van der Waals surface area contributed by atoms with Gasteiger partial charge in [-0.25, -0.2) is 9.50 Å². The first-order valence-electron chi connectivity index (χ1n) is 8.00. The Balaban J connectivity index is 0.00000100. The second kappa shape index (κ2) is 8.80. The molecule has 0 fully saturated rings. The van der Waals surface area contributed by atoms with Crippen LogP contribution in [0.15, 0.2) is 47.3 Å². The molecule has 24 heavy (non-hydrogen) atoms. The summed E-state index contributed by atoms with van der Waals surface area (Å²) < 4.78 is 8.36. The average molecular weight is 391 g/mol. The van der Waals surface area contributed by atoms with Crippen molar-refractivity contribution >= 4 is 21.6 Å². The second-order valence-corrected chi connectivity index (χ2v) is 6.13. The molecular formula is C18H23BrN4O. The molecular weight excluding hydrogens is 368 g/mol. The molecule has 0 saturated heterocycles. The highest BCUT2D eigenvalue weighted by Crippen LogP contribution is 2.23. The molecule has 2 aromatic heterocycles. The number of fused-ring (bicyclic) bond motifs is 1. The Labute approximate surface area is 151 Å². The van der Waals surface area contributed by atoms with Crippen molar-refractivity contribution in [3.63, 3.8) is 0 Å². The van der Waals surface area contributed by atoms with E-state index in [0.717, 1.165) is 33.5 Å². The normalized spacial score (nSPS) is 10.6. The SMILES string of the molecule is CC.CN(C)CCOc1ccc(-c2cnc3c(Br)cnn3c2)cc1. The third-order valence-electron chi connectivity index (χ3n) is 3.31. The summed E-state index contributed by atoms with van der Waals surface area (Å²) in [6, 6.07) is 8.03. The van der Waals surface area contributed by atoms with Gasteiger partial charge in [-0.05, 0) is 47.7 Å². The van der Waals surface area contributed by atoms with Gasteiger partial charge in [0.15, 0.2) is 5.65 Å². The van der Waals surface area contributed by atoms with E-state index in [1.807, 2.05) is 64.6 Å². The number of nitrogens with zero attached hydrogens (tertiary/aromatic N) is 4. The van der Waals surface area contributed by atoms with Crippen LogP contribution in [0.3, 0.4) is 0 Å². The van der Waals surface area contributed by atoms with E-state index in [0.29, 0.717) is 6.61 Å². The van der Waals surface area contributed by atoms with Gasteiger partial charge in [-0.2, -0.15) is 5.10 Å². The topological polar surface area (TPSA) is 42.7 Å². The van der Waals surface area contributed by atoms with E-state index >= 15 is 0 Å². The standard InChI is InChI=1S/C16H17BrN4O.C2H6/c1-20(2)7-8-22-14-5-3-12(4-6-14)13-9-18-16-15(17)10-19-21(16)11-13;1-2/h3-6,9-11H,7-8H2,1-2H3;1-2H3. The summed E-state index contributed by atoms with van der Waals surface area (Å²) in [6.07, 6.45) is 5.56. The van der Waals surface area contributed by atoms with Gasteiger partial charge in [0.25, 0.3) is 0 Å². The minimum Gasteiger partial charge on any atom is -0.492 e. The van der Waals surface area contributed by atoms with Crippen LogP contribution in [0.2, 0.25) is 0 Å². The minimum absolute atomic E-state index is 0.682. The zero-order valence-corrected chi connectivity index (χ0v) is 16.1. The van der Waals surface area contributed by atoms with Gasteiger partial charge in [-0.15, -0.1) is 0 Å². The molecule has 0 radical (unpaired) electrons. The molecule has 0 spiro atoms. The Morgan fingerprint density at radius 2 is 1.79 bits per heavy atom. The summed E-state index contributed by atoms with van der Waals surface area (Å²) in [5.74, 6) is 0.876. The van der Waals surface area contributed by atoms with Crippen molar-refractivity contribution in [1.82, 2.24) is 19.5 Å². The maximum absolute atomic E-state index is 5.70. The molecule has 0 bridgehead atoms. The van der Waals surface area contributed by atoms with E-state index in [2.05, 4.69) is 30.9 Å². The molecule has 5 nitrogen and oxygen atoms in total. The quantitative estimate of drug-likeness (QED) is 0.656. The van der Waals surface area contributed by atoms with Crippen molar-refractivity contribution in [2.24, 2.45) is 0 Å². The van der Waals surface area contributed by atoms with Crippen molar-refractivity contribution in [2.75, 3.05) is 27.2 Å². The number of hydrogen-bond donors (Lipinski definition) is 0. The van der Waals surface area contributed by atoms with Gasteiger partial charge in [0.05, 0.1) is 10.7 Å². The number of aromatic nitrogens is 3. The Morgan fingerprint density at radius 1 is 1.08 bits per heavy atom. The largest absolute Gasteiger partial charge is 0.492 e. The molecule has 0 amide bonds.